The summed E-state index contributed by atoms with van der Waals surface area (Å²) in [6, 6.07) is 4.04. The summed E-state index contributed by atoms with van der Waals surface area (Å²) in [6.07, 6.45) is 8.65. The lowest BCUT2D eigenvalue weighted by Gasteiger charge is -2.25. The molecule has 0 N–H and O–H groups in total. The lowest BCUT2D eigenvalue weighted by atomic mass is 9.95. The predicted molar refractivity (Wildman–Crippen MR) is 96.5 cm³/mol. The van der Waals surface area contributed by atoms with E-state index >= 15 is 0 Å². The van der Waals surface area contributed by atoms with Crippen LogP contribution in [-0.2, 0) is 9.59 Å². The molecule has 1 saturated heterocycles. The number of carbonyl (C=O) groups excluding carboxylic acids is 2. The standard InChI is InChI=1S/C18H22N4O3S/c23-15-9-4-10-21(15)16(24)12-26-18-20-19-17(14-8-5-11-25-14)22(18)13-6-2-1-3-7-13/h5,8,11,13H,1-4,6-7,9-10,12H2. The summed E-state index contributed by atoms with van der Waals surface area (Å²) >= 11 is 1.36. The Labute approximate surface area is 156 Å². The minimum absolute atomic E-state index is 0.0689. The van der Waals surface area contributed by atoms with E-state index < -0.39 is 0 Å². The van der Waals surface area contributed by atoms with E-state index in [0.717, 1.165) is 24.4 Å². The van der Waals surface area contributed by atoms with E-state index in [1.807, 2.05) is 12.1 Å². The topological polar surface area (TPSA) is 81.2 Å². The second-order valence-corrected chi connectivity index (χ2v) is 7.72. The van der Waals surface area contributed by atoms with Crippen molar-refractivity contribution in [1.82, 2.24) is 19.7 Å². The Bertz CT molecular complexity index is 780. The molecule has 2 aromatic rings. The van der Waals surface area contributed by atoms with Crippen LogP contribution in [0.4, 0.5) is 0 Å². The molecule has 7 nitrogen and oxygen atoms in total. The number of furan rings is 1. The van der Waals surface area contributed by atoms with Crippen LogP contribution in [0, 0.1) is 0 Å². The van der Waals surface area contributed by atoms with Crippen molar-refractivity contribution in [1.29, 1.82) is 0 Å². The van der Waals surface area contributed by atoms with Crippen molar-refractivity contribution in [3.8, 4) is 11.6 Å². The summed E-state index contributed by atoms with van der Waals surface area (Å²) in [4.78, 5) is 25.5. The number of aromatic nitrogens is 3. The number of nitrogens with zero attached hydrogens (tertiary/aromatic N) is 4. The smallest absolute Gasteiger partial charge is 0.239 e. The van der Waals surface area contributed by atoms with Gasteiger partial charge >= 0.3 is 0 Å². The van der Waals surface area contributed by atoms with Gasteiger partial charge in [0.05, 0.1) is 12.0 Å². The van der Waals surface area contributed by atoms with Crippen molar-refractivity contribution in [2.24, 2.45) is 0 Å². The van der Waals surface area contributed by atoms with Gasteiger partial charge in [0, 0.05) is 19.0 Å². The lowest BCUT2D eigenvalue weighted by Crippen LogP contribution is -2.33. The zero-order valence-electron chi connectivity index (χ0n) is 14.6. The van der Waals surface area contributed by atoms with E-state index in [0.29, 0.717) is 30.6 Å². The maximum atomic E-state index is 12.4. The summed E-state index contributed by atoms with van der Waals surface area (Å²) in [5, 5.41) is 9.38. The van der Waals surface area contributed by atoms with E-state index in [4.69, 9.17) is 4.42 Å². The quantitative estimate of drug-likeness (QED) is 0.747. The molecule has 26 heavy (non-hydrogen) atoms. The zero-order valence-corrected chi connectivity index (χ0v) is 15.4. The van der Waals surface area contributed by atoms with Gasteiger partial charge in [0.15, 0.2) is 10.9 Å². The fraction of sp³-hybridized carbons (Fsp3) is 0.556. The number of amides is 2. The van der Waals surface area contributed by atoms with Crippen LogP contribution in [0.15, 0.2) is 28.0 Å². The van der Waals surface area contributed by atoms with E-state index in [1.54, 1.807) is 6.26 Å². The third kappa shape index (κ3) is 3.42. The van der Waals surface area contributed by atoms with Crippen molar-refractivity contribution < 1.29 is 14.0 Å². The van der Waals surface area contributed by atoms with Gasteiger partial charge in [0.2, 0.25) is 17.6 Å². The minimum atomic E-state index is -0.143. The Kier molecular flexibility index (Phi) is 5.10. The average Bonchev–Trinajstić information content (AvgIpc) is 3.40. The fourth-order valence-electron chi connectivity index (χ4n) is 3.73. The van der Waals surface area contributed by atoms with Gasteiger partial charge in [-0.15, -0.1) is 10.2 Å². The third-order valence-corrected chi connectivity index (χ3v) is 5.97. The fourth-order valence-corrected chi connectivity index (χ4v) is 4.62. The first-order chi connectivity index (χ1) is 12.7. The molecule has 2 aromatic heterocycles. The van der Waals surface area contributed by atoms with Gasteiger partial charge < -0.3 is 4.42 Å². The van der Waals surface area contributed by atoms with Crippen LogP contribution in [0.5, 0.6) is 0 Å². The van der Waals surface area contributed by atoms with Crippen LogP contribution < -0.4 is 0 Å². The molecular weight excluding hydrogens is 352 g/mol. The van der Waals surface area contributed by atoms with E-state index in [2.05, 4.69) is 14.8 Å². The third-order valence-electron chi connectivity index (χ3n) is 5.05. The van der Waals surface area contributed by atoms with Gasteiger partial charge in [-0.1, -0.05) is 31.0 Å². The van der Waals surface area contributed by atoms with Gasteiger partial charge in [-0.25, -0.2) is 0 Å². The van der Waals surface area contributed by atoms with Crippen LogP contribution in [0.25, 0.3) is 11.6 Å². The molecule has 2 aliphatic rings. The molecule has 1 aliphatic heterocycles. The molecule has 2 fully saturated rings. The number of carbonyl (C=O) groups is 2. The molecule has 3 heterocycles. The molecule has 1 aliphatic carbocycles. The molecule has 0 aromatic carbocycles. The maximum absolute atomic E-state index is 12.4. The molecule has 0 atom stereocenters. The van der Waals surface area contributed by atoms with Gasteiger partial charge in [-0.3, -0.25) is 19.1 Å². The molecule has 4 rings (SSSR count). The van der Waals surface area contributed by atoms with Crippen molar-refractivity contribution >= 4 is 23.6 Å². The monoisotopic (exact) mass is 374 g/mol. The molecule has 0 bridgehead atoms. The van der Waals surface area contributed by atoms with Crippen molar-refractivity contribution in [3.05, 3.63) is 18.4 Å². The van der Waals surface area contributed by atoms with Gasteiger partial charge in [0.25, 0.3) is 0 Å². The Morgan fingerprint density at radius 3 is 2.77 bits per heavy atom. The molecule has 8 heteroatoms. The van der Waals surface area contributed by atoms with E-state index in [1.165, 1.54) is 35.9 Å². The normalized spacial score (nSPS) is 18.6. The molecule has 1 saturated carbocycles. The largest absolute Gasteiger partial charge is 0.461 e. The highest BCUT2D eigenvalue weighted by atomic mass is 32.2. The Balaban J connectivity index is 1.55. The second kappa shape index (κ2) is 7.65. The van der Waals surface area contributed by atoms with Gasteiger partial charge in [-0.05, 0) is 31.4 Å². The van der Waals surface area contributed by atoms with Gasteiger partial charge in [-0.2, -0.15) is 0 Å². The predicted octanol–water partition coefficient (Wildman–Crippen LogP) is 3.28. The Morgan fingerprint density at radius 1 is 1.23 bits per heavy atom. The number of rotatable bonds is 5. The van der Waals surface area contributed by atoms with E-state index in [9.17, 15) is 9.59 Å². The molecule has 0 spiro atoms. The second-order valence-electron chi connectivity index (χ2n) is 6.78. The molecule has 0 radical (unpaired) electrons. The van der Waals surface area contributed by atoms with Crippen LogP contribution in [-0.4, -0.2) is 43.8 Å². The first-order valence-corrected chi connectivity index (χ1v) is 10.2. The highest BCUT2D eigenvalue weighted by Gasteiger charge is 2.28. The van der Waals surface area contributed by atoms with Crippen LogP contribution in [0.2, 0.25) is 0 Å². The van der Waals surface area contributed by atoms with Crippen LogP contribution in [0.3, 0.4) is 0 Å². The summed E-state index contributed by atoms with van der Waals surface area (Å²) in [5.74, 6) is 1.40. The summed E-state index contributed by atoms with van der Waals surface area (Å²) < 4.78 is 7.66. The first-order valence-electron chi connectivity index (χ1n) is 9.19. The van der Waals surface area contributed by atoms with Crippen LogP contribution in [0.1, 0.15) is 51.0 Å². The number of imide groups is 1. The highest BCUT2D eigenvalue weighted by molar-refractivity contribution is 7.99. The first kappa shape index (κ1) is 17.3. The average molecular weight is 374 g/mol. The van der Waals surface area contributed by atoms with Gasteiger partial charge in [0.1, 0.15) is 0 Å². The summed E-state index contributed by atoms with van der Waals surface area (Å²) in [7, 11) is 0. The molecule has 0 unspecified atom stereocenters. The maximum Gasteiger partial charge on any atom is 0.239 e. The van der Waals surface area contributed by atoms with Crippen molar-refractivity contribution in [2.45, 2.75) is 56.1 Å². The molecule has 138 valence electrons. The lowest BCUT2D eigenvalue weighted by molar-refractivity contribution is -0.140. The summed E-state index contributed by atoms with van der Waals surface area (Å²) in [6.45, 7) is 0.533. The summed E-state index contributed by atoms with van der Waals surface area (Å²) in [5.41, 5.74) is 0. The van der Waals surface area contributed by atoms with E-state index in [-0.39, 0.29) is 17.6 Å². The zero-order chi connectivity index (χ0) is 17.9. The highest BCUT2D eigenvalue weighted by Crippen LogP contribution is 2.35. The number of likely N-dealkylation sites (tertiary alicyclic amines) is 1. The number of hydrogen-bond donors (Lipinski definition) is 0. The Hall–Kier alpha value is -2.09. The SMILES string of the molecule is O=C1CCCN1C(=O)CSc1nnc(-c2ccco2)n1C1CCCCC1. The minimum Gasteiger partial charge on any atom is -0.461 e. The Morgan fingerprint density at radius 2 is 2.08 bits per heavy atom. The molecule has 2 amide bonds. The van der Waals surface area contributed by atoms with Crippen molar-refractivity contribution in [2.75, 3.05) is 12.3 Å². The van der Waals surface area contributed by atoms with Crippen LogP contribution >= 0.6 is 11.8 Å². The number of thioether (sulfide) groups is 1. The van der Waals surface area contributed by atoms with Crippen molar-refractivity contribution in [3.63, 3.8) is 0 Å². The number of hydrogen-bond acceptors (Lipinski definition) is 6. The molecular formula is C18H22N4O3S.